The van der Waals surface area contributed by atoms with E-state index >= 15 is 0 Å². The fraction of sp³-hybridized carbons (Fsp3) is 0.125. The van der Waals surface area contributed by atoms with E-state index in [9.17, 15) is 21.6 Å². The van der Waals surface area contributed by atoms with Crippen LogP contribution in [-0.2, 0) is 9.05 Å². The summed E-state index contributed by atoms with van der Waals surface area (Å²) in [5.74, 6) is -1.07. The van der Waals surface area contributed by atoms with E-state index < -0.39 is 30.5 Å². The van der Waals surface area contributed by atoms with Crippen LogP contribution in [0.25, 0.3) is 0 Å². The molecule has 0 radical (unpaired) electrons. The lowest BCUT2D eigenvalue weighted by Crippen LogP contribution is -2.19. The summed E-state index contributed by atoms with van der Waals surface area (Å²) in [5, 5.41) is 8.64. The maximum Gasteiger partial charge on any atom is 0.573 e. The molecule has 98 valence electrons. The van der Waals surface area contributed by atoms with Gasteiger partial charge in [0.15, 0.2) is 5.75 Å². The van der Waals surface area contributed by atoms with Crippen molar-refractivity contribution in [1.82, 2.24) is 0 Å². The molecule has 0 N–H and O–H groups in total. The summed E-state index contributed by atoms with van der Waals surface area (Å²) in [7, 11) is 0.536. The summed E-state index contributed by atoms with van der Waals surface area (Å²) in [6.07, 6.45) is -5.12. The minimum Gasteiger partial charge on any atom is -0.403 e. The van der Waals surface area contributed by atoms with Gasteiger partial charge >= 0.3 is 6.36 Å². The fourth-order valence-electron chi connectivity index (χ4n) is 1.03. The van der Waals surface area contributed by atoms with E-state index in [2.05, 4.69) is 20.7 Å². The van der Waals surface area contributed by atoms with E-state index in [0.717, 1.165) is 12.1 Å². The Morgan fingerprint density at radius 3 is 2.33 bits per heavy atom. The van der Waals surface area contributed by atoms with E-state index in [-0.39, 0.29) is 5.56 Å². The molecule has 0 fully saturated rings. The second-order valence-electron chi connectivity index (χ2n) is 2.85. The van der Waals surface area contributed by atoms with Gasteiger partial charge in [-0.1, -0.05) is 0 Å². The van der Waals surface area contributed by atoms with Crippen LogP contribution in [0.2, 0.25) is 0 Å². The Hall–Kier alpha value is -0.980. The van der Waals surface area contributed by atoms with Crippen molar-refractivity contribution in [1.29, 1.82) is 5.26 Å². The Labute approximate surface area is 112 Å². The first-order chi connectivity index (χ1) is 8.06. The second kappa shape index (κ2) is 4.95. The summed E-state index contributed by atoms with van der Waals surface area (Å²) >= 11 is 2.67. The molecule has 1 aromatic carbocycles. The highest BCUT2D eigenvalue weighted by molar-refractivity contribution is 9.10. The summed E-state index contributed by atoms with van der Waals surface area (Å²) in [6, 6.07) is 3.33. The molecule has 18 heavy (non-hydrogen) atoms. The predicted molar refractivity (Wildman–Crippen MR) is 58.6 cm³/mol. The lowest BCUT2D eigenvalue weighted by Gasteiger charge is -2.13. The van der Waals surface area contributed by atoms with Crippen LogP contribution in [0, 0.1) is 11.3 Å². The number of benzene rings is 1. The Morgan fingerprint density at radius 1 is 1.39 bits per heavy atom. The molecule has 0 atom stereocenters. The molecule has 0 bridgehead atoms. The first-order valence-electron chi connectivity index (χ1n) is 3.99. The van der Waals surface area contributed by atoms with Gasteiger partial charge < -0.3 is 4.74 Å². The van der Waals surface area contributed by atoms with Crippen molar-refractivity contribution in [2.45, 2.75) is 11.3 Å². The van der Waals surface area contributed by atoms with Gasteiger partial charge in [0.1, 0.15) is 11.0 Å². The van der Waals surface area contributed by atoms with Crippen molar-refractivity contribution in [3.8, 4) is 11.8 Å². The quantitative estimate of drug-likeness (QED) is 0.756. The predicted octanol–water partition coefficient (Wildman–Crippen LogP) is 3.15. The van der Waals surface area contributed by atoms with Crippen LogP contribution < -0.4 is 4.74 Å². The molecular weight excluding hydrogens is 363 g/mol. The van der Waals surface area contributed by atoms with E-state index in [1.807, 2.05) is 0 Å². The summed E-state index contributed by atoms with van der Waals surface area (Å²) < 4.78 is 61.8. The third-order valence-corrected chi connectivity index (χ3v) is 3.79. The Bertz CT molecular complexity index is 624. The topological polar surface area (TPSA) is 67.2 Å². The summed E-state index contributed by atoms with van der Waals surface area (Å²) in [6.45, 7) is 0. The average molecular weight is 365 g/mol. The molecule has 0 aromatic heterocycles. The molecule has 1 rings (SSSR count). The standard InChI is InChI=1S/C8H2BrClF3NO3S/c9-6-4(3-14)1-2-5(18(10,15)16)7(6)17-8(11,12)13/h1-2H. The molecule has 0 saturated heterocycles. The zero-order chi connectivity index (χ0) is 14.1. The van der Waals surface area contributed by atoms with Gasteiger partial charge in [-0.15, -0.1) is 13.2 Å². The molecule has 0 heterocycles. The van der Waals surface area contributed by atoms with Crippen molar-refractivity contribution in [3.05, 3.63) is 22.2 Å². The first-order valence-corrected chi connectivity index (χ1v) is 7.09. The molecule has 0 spiro atoms. The van der Waals surface area contributed by atoms with Crippen molar-refractivity contribution >= 4 is 35.7 Å². The number of halogens is 5. The Kier molecular flexibility index (Phi) is 4.15. The number of nitriles is 1. The van der Waals surface area contributed by atoms with Crippen LogP contribution in [0.1, 0.15) is 5.56 Å². The van der Waals surface area contributed by atoms with E-state index in [0.29, 0.717) is 0 Å². The number of hydrogen-bond acceptors (Lipinski definition) is 4. The molecule has 10 heteroatoms. The number of nitrogens with zero attached hydrogens (tertiary/aromatic N) is 1. The first kappa shape index (κ1) is 15.1. The molecule has 4 nitrogen and oxygen atoms in total. The van der Waals surface area contributed by atoms with E-state index in [4.69, 9.17) is 15.9 Å². The minimum absolute atomic E-state index is 0.224. The van der Waals surface area contributed by atoms with Gasteiger partial charge in [0.2, 0.25) is 0 Å². The molecule has 0 amide bonds. The molecule has 0 unspecified atom stereocenters. The lowest BCUT2D eigenvalue weighted by atomic mass is 10.2. The number of rotatable bonds is 2. The Balaban J connectivity index is 3.57. The molecule has 1 aromatic rings. The minimum atomic E-state index is -5.12. The molecule has 0 aliphatic rings. The largest absolute Gasteiger partial charge is 0.573 e. The van der Waals surface area contributed by atoms with Crippen LogP contribution in [0.3, 0.4) is 0 Å². The molecular formula is C8H2BrClF3NO3S. The van der Waals surface area contributed by atoms with Crippen LogP contribution in [0.4, 0.5) is 13.2 Å². The zero-order valence-corrected chi connectivity index (χ0v) is 11.3. The maximum atomic E-state index is 12.2. The van der Waals surface area contributed by atoms with Crippen molar-refractivity contribution in [2.75, 3.05) is 0 Å². The monoisotopic (exact) mass is 363 g/mol. The van der Waals surface area contributed by atoms with Crippen LogP contribution in [-0.4, -0.2) is 14.8 Å². The zero-order valence-electron chi connectivity index (χ0n) is 8.12. The fourth-order valence-corrected chi connectivity index (χ4v) is 2.63. The maximum absolute atomic E-state index is 12.2. The third kappa shape index (κ3) is 3.51. The van der Waals surface area contributed by atoms with Gasteiger partial charge in [-0.2, -0.15) is 5.26 Å². The van der Waals surface area contributed by atoms with E-state index in [1.165, 1.54) is 0 Å². The van der Waals surface area contributed by atoms with Gasteiger partial charge in [0, 0.05) is 10.7 Å². The van der Waals surface area contributed by atoms with Crippen LogP contribution in [0.15, 0.2) is 21.5 Å². The number of ether oxygens (including phenoxy) is 1. The summed E-state index contributed by atoms with van der Waals surface area (Å²) in [5.41, 5.74) is -0.224. The lowest BCUT2D eigenvalue weighted by molar-refractivity contribution is -0.275. The SMILES string of the molecule is N#Cc1ccc(S(=O)(=O)Cl)c(OC(F)(F)F)c1Br. The van der Waals surface area contributed by atoms with Gasteiger partial charge in [0.05, 0.1) is 10.0 Å². The normalized spacial score (nSPS) is 12.0. The van der Waals surface area contributed by atoms with Gasteiger partial charge in [-0.25, -0.2) is 8.42 Å². The molecule has 0 saturated carbocycles. The van der Waals surface area contributed by atoms with Crippen LogP contribution in [0.5, 0.6) is 5.75 Å². The Morgan fingerprint density at radius 2 is 1.94 bits per heavy atom. The number of alkyl halides is 3. The van der Waals surface area contributed by atoms with E-state index in [1.54, 1.807) is 6.07 Å². The van der Waals surface area contributed by atoms with Crippen LogP contribution >= 0.6 is 26.6 Å². The molecule has 0 aliphatic carbocycles. The summed E-state index contributed by atoms with van der Waals surface area (Å²) in [4.78, 5) is -0.882. The highest BCUT2D eigenvalue weighted by Crippen LogP contribution is 2.39. The average Bonchev–Trinajstić information content (AvgIpc) is 2.17. The highest BCUT2D eigenvalue weighted by atomic mass is 79.9. The molecule has 0 aliphatic heterocycles. The number of hydrogen-bond donors (Lipinski definition) is 0. The third-order valence-electron chi connectivity index (χ3n) is 1.66. The van der Waals surface area contributed by atoms with Crippen molar-refractivity contribution in [3.63, 3.8) is 0 Å². The van der Waals surface area contributed by atoms with Gasteiger partial charge in [-0.05, 0) is 28.1 Å². The highest BCUT2D eigenvalue weighted by Gasteiger charge is 2.35. The van der Waals surface area contributed by atoms with Crippen molar-refractivity contribution in [2.24, 2.45) is 0 Å². The smallest absolute Gasteiger partial charge is 0.403 e. The second-order valence-corrected chi connectivity index (χ2v) is 6.18. The van der Waals surface area contributed by atoms with Gasteiger partial charge in [0.25, 0.3) is 9.05 Å². The van der Waals surface area contributed by atoms with Crippen molar-refractivity contribution < 1.29 is 26.3 Å². The van der Waals surface area contributed by atoms with Gasteiger partial charge in [-0.3, -0.25) is 0 Å².